The summed E-state index contributed by atoms with van der Waals surface area (Å²) in [6.45, 7) is 1.44. The highest BCUT2D eigenvalue weighted by molar-refractivity contribution is 5.44. The van der Waals surface area contributed by atoms with Crippen LogP contribution in [0.2, 0.25) is 0 Å². The summed E-state index contributed by atoms with van der Waals surface area (Å²) in [5, 5.41) is 0. The van der Waals surface area contributed by atoms with Gasteiger partial charge in [-0.25, -0.2) is 0 Å². The Hall–Kier alpha value is -0.850. The quantitative estimate of drug-likeness (QED) is 0.434. The fraction of sp³-hybridized carbons (Fsp3) is 0.286. The summed E-state index contributed by atoms with van der Waals surface area (Å²) in [5.41, 5.74) is 0. The van der Waals surface area contributed by atoms with Gasteiger partial charge in [-0.05, 0) is 13.3 Å². The lowest BCUT2D eigenvalue weighted by atomic mass is 10.5. The molecule has 0 bridgehead atoms. The second kappa shape index (κ2) is 6.15. The molecule has 8 heavy (non-hydrogen) atoms. The summed E-state index contributed by atoms with van der Waals surface area (Å²) >= 11 is 0. The van der Waals surface area contributed by atoms with Crippen LogP contribution in [0.15, 0.2) is 24.3 Å². The van der Waals surface area contributed by atoms with E-state index in [1.165, 1.54) is 6.92 Å². The van der Waals surface area contributed by atoms with Crippen molar-refractivity contribution in [1.29, 1.82) is 0 Å². The molecule has 1 aliphatic rings. The van der Waals surface area contributed by atoms with Crippen LogP contribution in [0.25, 0.3) is 0 Å². The first-order valence-electron chi connectivity index (χ1n) is 2.63. The normalized spacial score (nSPS) is 12.6. The fourth-order valence-corrected chi connectivity index (χ4v) is 0.393. The molecule has 0 saturated heterocycles. The molecule has 1 rings (SSSR count). The maximum atomic E-state index is 8.81. The second-order valence-corrected chi connectivity index (χ2v) is 1.33. The van der Waals surface area contributed by atoms with Crippen molar-refractivity contribution in [1.82, 2.24) is 0 Å². The van der Waals surface area contributed by atoms with Gasteiger partial charge in [-0.1, -0.05) is 24.3 Å². The van der Waals surface area contributed by atoms with Crippen LogP contribution in [0, 0.1) is 0 Å². The summed E-state index contributed by atoms with van der Waals surface area (Å²) in [7, 11) is 0. The summed E-state index contributed by atoms with van der Waals surface area (Å²) in [5.74, 6) is 0. The van der Waals surface area contributed by atoms with Crippen LogP contribution in [0.3, 0.4) is 0 Å². The van der Waals surface area contributed by atoms with E-state index in [1.54, 1.807) is 0 Å². The predicted molar refractivity (Wildman–Crippen MR) is 34.6 cm³/mol. The number of allylic oxidation sites excluding steroid dienone is 4. The first-order valence-corrected chi connectivity index (χ1v) is 2.63. The van der Waals surface area contributed by atoms with Crippen LogP contribution in [0.5, 0.6) is 0 Å². The number of hydrogen-bond donors (Lipinski definition) is 0. The van der Waals surface area contributed by atoms with E-state index in [9.17, 15) is 0 Å². The molecule has 0 amide bonds. The van der Waals surface area contributed by atoms with Crippen LogP contribution in [-0.2, 0) is 4.79 Å². The molecule has 0 atom stereocenters. The third kappa shape index (κ3) is 5.15. The third-order valence-electron chi connectivity index (χ3n) is 0.655. The Labute approximate surface area is 49.7 Å². The van der Waals surface area contributed by atoms with E-state index in [2.05, 4.69) is 24.3 Å². The van der Waals surface area contributed by atoms with E-state index in [0.29, 0.717) is 0 Å². The summed E-state index contributed by atoms with van der Waals surface area (Å²) < 4.78 is 0. The van der Waals surface area contributed by atoms with Crippen LogP contribution < -0.4 is 0 Å². The molecular formula is C7H10O. The molecule has 0 aliphatic heterocycles. The number of rotatable bonds is 0. The average molecular weight is 110 g/mol. The highest BCUT2D eigenvalue weighted by Crippen LogP contribution is 1.93. The van der Waals surface area contributed by atoms with Crippen molar-refractivity contribution in [3.63, 3.8) is 0 Å². The van der Waals surface area contributed by atoms with Gasteiger partial charge in [0.15, 0.2) is 0 Å². The van der Waals surface area contributed by atoms with Crippen LogP contribution in [0.4, 0.5) is 0 Å². The van der Waals surface area contributed by atoms with Crippen molar-refractivity contribution in [3.8, 4) is 0 Å². The minimum Gasteiger partial charge on any atom is -0.304 e. The lowest BCUT2D eigenvalue weighted by Crippen LogP contribution is -1.37. The summed E-state index contributed by atoms with van der Waals surface area (Å²) in [6, 6.07) is 0. The molecule has 0 heterocycles. The van der Waals surface area contributed by atoms with E-state index in [4.69, 9.17) is 4.79 Å². The topological polar surface area (TPSA) is 17.1 Å². The summed E-state index contributed by atoms with van der Waals surface area (Å²) in [4.78, 5) is 8.81. The van der Waals surface area contributed by atoms with Crippen molar-refractivity contribution >= 4 is 6.29 Å². The number of carbonyl (C=O) groups is 1. The molecule has 1 nitrogen and oxygen atoms in total. The Bertz CT molecular complexity index is 91.0. The molecule has 0 radical (unpaired) electrons. The van der Waals surface area contributed by atoms with E-state index >= 15 is 0 Å². The average Bonchev–Trinajstić information content (AvgIpc) is 2.17. The minimum absolute atomic E-state index is 0.750. The maximum absolute atomic E-state index is 8.81. The van der Waals surface area contributed by atoms with Gasteiger partial charge in [0.1, 0.15) is 6.29 Å². The van der Waals surface area contributed by atoms with Crippen molar-refractivity contribution in [2.45, 2.75) is 13.3 Å². The smallest absolute Gasteiger partial charge is 0.116 e. The van der Waals surface area contributed by atoms with Crippen molar-refractivity contribution in [2.75, 3.05) is 0 Å². The number of carbonyl (C=O) groups excluding carboxylic acids is 1. The molecule has 0 N–H and O–H groups in total. The largest absolute Gasteiger partial charge is 0.304 e. The van der Waals surface area contributed by atoms with Crippen molar-refractivity contribution < 1.29 is 4.79 Å². The van der Waals surface area contributed by atoms with Gasteiger partial charge in [0, 0.05) is 0 Å². The molecule has 0 aromatic heterocycles. The Morgan fingerprint density at radius 3 is 1.88 bits per heavy atom. The molecule has 0 aromatic carbocycles. The zero-order chi connectivity index (χ0) is 6.24. The van der Waals surface area contributed by atoms with E-state index in [0.717, 1.165) is 12.7 Å². The first kappa shape index (κ1) is 7.15. The fourth-order valence-electron chi connectivity index (χ4n) is 0.393. The number of hydrogen-bond acceptors (Lipinski definition) is 1. The maximum Gasteiger partial charge on any atom is 0.116 e. The first-order chi connectivity index (χ1) is 3.91. The zero-order valence-electron chi connectivity index (χ0n) is 5.00. The molecule has 0 fully saturated rings. The molecule has 1 heteroatoms. The summed E-state index contributed by atoms with van der Waals surface area (Å²) in [6.07, 6.45) is 10.2. The standard InChI is InChI=1S/C5H6.C2H4O/c1-2-4-5-3-1;1-2-3/h1-4H,5H2;2H,1H3. The minimum atomic E-state index is 0.750. The van der Waals surface area contributed by atoms with Gasteiger partial charge < -0.3 is 4.79 Å². The SMILES string of the molecule is C1=CCC=C1.CC=O. The van der Waals surface area contributed by atoms with Crippen LogP contribution in [0.1, 0.15) is 13.3 Å². The Morgan fingerprint density at radius 1 is 1.38 bits per heavy atom. The Morgan fingerprint density at radius 2 is 1.75 bits per heavy atom. The van der Waals surface area contributed by atoms with Gasteiger partial charge in [0.25, 0.3) is 0 Å². The molecule has 1 aliphatic carbocycles. The van der Waals surface area contributed by atoms with E-state index in [-0.39, 0.29) is 0 Å². The Balaban J connectivity index is 0.000000145. The van der Waals surface area contributed by atoms with Gasteiger partial charge in [-0.2, -0.15) is 0 Å². The molecule has 0 aromatic rings. The van der Waals surface area contributed by atoms with Gasteiger partial charge in [-0.15, -0.1) is 0 Å². The molecular weight excluding hydrogens is 100 g/mol. The molecule has 44 valence electrons. The second-order valence-electron chi connectivity index (χ2n) is 1.33. The lowest BCUT2D eigenvalue weighted by Gasteiger charge is -1.57. The number of aldehydes is 1. The van der Waals surface area contributed by atoms with E-state index in [1.807, 2.05) is 0 Å². The molecule has 0 saturated carbocycles. The van der Waals surface area contributed by atoms with Gasteiger partial charge >= 0.3 is 0 Å². The lowest BCUT2D eigenvalue weighted by molar-refractivity contribution is -0.106. The van der Waals surface area contributed by atoms with Gasteiger partial charge in [0.2, 0.25) is 0 Å². The van der Waals surface area contributed by atoms with Crippen molar-refractivity contribution in [2.24, 2.45) is 0 Å². The van der Waals surface area contributed by atoms with Gasteiger partial charge in [0.05, 0.1) is 0 Å². The van der Waals surface area contributed by atoms with E-state index < -0.39 is 0 Å². The monoisotopic (exact) mass is 110 g/mol. The highest BCUT2D eigenvalue weighted by atomic mass is 16.1. The van der Waals surface area contributed by atoms with Gasteiger partial charge in [-0.3, -0.25) is 0 Å². The predicted octanol–water partition coefficient (Wildman–Crippen LogP) is 1.71. The Kier molecular flexibility index (Phi) is 5.50. The van der Waals surface area contributed by atoms with Crippen molar-refractivity contribution in [3.05, 3.63) is 24.3 Å². The van der Waals surface area contributed by atoms with Crippen LogP contribution >= 0.6 is 0 Å². The molecule has 0 unspecified atom stereocenters. The zero-order valence-corrected chi connectivity index (χ0v) is 5.00. The van der Waals surface area contributed by atoms with Crippen LogP contribution in [-0.4, -0.2) is 6.29 Å². The third-order valence-corrected chi connectivity index (χ3v) is 0.655. The highest BCUT2D eigenvalue weighted by Gasteiger charge is 1.72. The molecule has 0 spiro atoms.